The quantitative estimate of drug-likeness (QED) is 0.774. The van der Waals surface area contributed by atoms with Gasteiger partial charge in [0.05, 0.1) is 5.39 Å². The van der Waals surface area contributed by atoms with Gasteiger partial charge in [-0.3, -0.25) is 0 Å². The fourth-order valence-corrected chi connectivity index (χ4v) is 1.33. The van der Waals surface area contributed by atoms with E-state index in [1.54, 1.807) is 12.1 Å². The van der Waals surface area contributed by atoms with Crippen LogP contribution in [0.1, 0.15) is 0 Å². The van der Waals surface area contributed by atoms with Crippen molar-refractivity contribution in [1.29, 1.82) is 0 Å². The van der Waals surface area contributed by atoms with Gasteiger partial charge in [-0.25, -0.2) is 9.59 Å². The van der Waals surface area contributed by atoms with E-state index in [2.05, 4.69) is 9.47 Å². The Kier molecular flexibility index (Phi) is 2.57. The van der Waals surface area contributed by atoms with Crippen LogP contribution in [-0.2, 0) is 0 Å². The van der Waals surface area contributed by atoms with E-state index < -0.39 is 18.3 Å². The largest absolute Gasteiger partial charge is 0.513 e. The number of fused-ring (bicyclic) bond motifs is 1. The monoisotopic (exact) mass is 238 g/mol. The molecule has 7 heteroatoms. The predicted molar refractivity (Wildman–Crippen MR) is 53.5 cm³/mol. The second kappa shape index (κ2) is 4.05. The van der Waals surface area contributed by atoms with Crippen LogP contribution in [-0.4, -0.2) is 22.5 Å². The number of hydrogen-bond donors (Lipinski definition) is 2. The molecule has 0 saturated carbocycles. The highest BCUT2D eigenvalue weighted by Gasteiger charge is 2.21. The zero-order valence-electron chi connectivity index (χ0n) is 8.25. The Morgan fingerprint density at radius 1 is 1.06 bits per heavy atom. The van der Waals surface area contributed by atoms with E-state index in [-0.39, 0.29) is 11.3 Å². The molecule has 0 radical (unpaired) electrons. The molecule has 2 N–H and O–H groups in total. The van der Waals surface area contributed by atoms with Gasteiger partial charge in [0.2, 0.25) is 5.75 Å². The molecule has 0 amide bonds. The number of carbonyl (C=O) groups is 2. The van der Waals surface area contributed by atoms with Crippen LogP contribution in [0, 0.1) is 0 Å². The van der Waals surface area contributed by atoms with Crippen molar-refractivity contribution < 1.29 is 33.7 Å². The van der Waals surface area contributed by atoms with Gasteiger partial charge in [0, 0.05) is 0 Å². The Bertz CT molecular complexity index is 583. The molecule has 0 unspecified atom stereocenters. The molecule has 0 spiro atoms. The molecule has 0 atom stereocenters. The van der Waals surface area contributed by atoms with E-state index in [4.69, 9.17) is 14.6 Å². The summed E-state index contributed by atoms with van der Waals surface area (Å²) in [6, 6.07) is 6.31. The lowest BCUT2D eigenvalue weighted by atomic mass is 10.2. The number of carboxylic acid groups (broad SMARTS) is 2. The Morgan fingerprint density at radius 2 is 1.71 bits per heavy atom. The lowest BCUT2D eigenvalue weighted by molar-refractivity contribution is 0.124. The summed E-state index contributed by atoms with van der Waals surface area (Å²) < 4.78 is 13.7. The molecule has 7 nitrogen and oxygen atoms in total. The van der Waals surface area contributed by atoms with Crippen molar-refractivity contribution >= 4 is 23.3 Å². The number of furan rings is 1. The summed E-state index contributed by atoms with van der Waals surface area (Å²) >= 11 is 0. The highest BCUT2D eigenvalue weighted by Crippen LogP contribution is 2.39. The number of rotatable bonds is 2. The molecule has 1 aromatic heterocycles. The molecule has 0 fully saturated rings. The molecule has 1 aromatic carbocycles. The molecule has 0 saturated heterocycles. The number of hydrogen-bond acceptors (Lipinski definition) is 5. The molecule has 0 aliphatic heterocycles. The first-order valence-corrected chi connectivity index (χ1v) is 4.41. The molecular weight excluding hydrogens is 232 g/mol. The van der Waals surface area contributed by atoms with E-state index in [1.807, 2.05) is 0 Å². The van der Waals surface area contributed by atoms with E-state index in [9.17, 15) is 9.59 Å². The van der Waals surface area contributed by atoms with Crippen molar-refractivity contribution in [1.82, 2.24) is 0 Å². The average molecular weight is 238 g/mol. The highest BCUT2D eigenvalue weighted by molar-refractivity contribution is 5.89. The van der Waals surface area contributed by atoms with Crippen LogP contribution in [0.5, 0.6) is 11.7 Å². The zero-order valence-corrected chi connectivity index (χ0v) is 8.25. The van der Waals surface area contributed by atoms with Gasteiger partial charge in [-0.2, -0.15) is 0 Å². The molecule has 2 aromatic rings. The van der Waals surface area contributed by atoms with Gasteiger partial charge in [0.15, 0.2) is 0 Å². The standard InChI is InChI=1S/C10H6O7/c11-9(12)16-7-5-3-1-2-4-6(5)15-8(7)17-10(13)14/h1-4H,(H,11,12)(H,13,14). The van der Waals surface area contributed by atoms with Crippen molar-refractivity contribution in [3.8, 4) is 11.7 Å². The minimum Gasteiger partial charge on any atom is -0.449 e. The molecule has 2 rings (SSSR count). The summed E-state index contributed by atoms with van der Waals surface area (Å²) in [5, 5.41) is 17.3. The van der Waals surface area contributed by atoms with Crippen LogP contribution >= 0.6 is 0 Å². The molecule has 0 aliphatic rings. The number of ether oxygens (including phenoxy) is 2. The van der Waals surface area contributed by atoms with Crippen LogP contribution in [0.3, 0.4) is 0 Å². The van der Waals surface area contributed by atoms with Crippen LogP contribution in [0.2, 0.25) is 0 Å². The fourth-order valence-electron chi connectivity index (χ4n) is 1.33. The van der Waals surface area contributed by atoms with Gasteiger partial charge in [-0.05, 0) is 12.1 Å². The maximum atomic E-state index is 10.5. The Balaban J connectivity index is 2.56. The molecule has 1 heterocycles. The van der Waals surface area contributed by atoms with Gasteiger partial charge in [0.1, 0.15) is 5.58 Å². The number of benzene rings is 1. The summed E-state index contributed by atoms with van der Waals surface area (Å²) in [7, 11) is 0. The predicted octanol–water partition coefficient (Wildman–Crippen LogP) is 2.55. The molecule has 17 heavy (non-hydrogen) atoms. The fraction of sp³-hybridized carbons (Fsp3) is 0. The molecule has 0 aliphatic carbocycles. The zero-order chi connectivity index (χ0) is 12.4. The molecule has 0 bridgehead atoms. The lowest BCUT2D eigenvalue weighted by Crippen LogP contribution is -2.07. The summed E-state index contributed by atoms with van der Waals surface area (Å²) in [6.07, 6.45) is -3.22. The van der Waals surface area contributed by atoms with E-state index in [0.717, 1.165) is 0 Å². The molecular formula is C10H6O7. The summed E-state index contributed by atoms with van der Waals surface area (Å²) in [6.45, 7) is 0. The van der Waals surface area contributed by atoms with E-state index in [0.29, 0.717) is 5.39 Å². The molecule has 88 valence electrons. The Labute approximate surface area is 93.8 Å². The van der Waals surface area contributed by atoms with Crippen molar-refractivity contribution in [3.05, 3.63) is 24.3 Å². The van der Waals surface area contributed by atoms with E-state index in [1.165, 1.54) is 12.1 Å². The maximum absolute atomic E-state index is 10.5. The normalized spacial score (nSPS) is 10.1. The van der Waals surface area contributed by atoms with Crippen LogP contribution in [0.15, 0.2) is 28.7 Å². The van der Waals surface area contributed by atoms with Gasteiger partial charge in [-0.15, -0.1) is 0 Å². The van der Waals surface area contributed by atoms with Crippen LogP contribution in [0.25, 0.3) is 11.0 Å². The van der Waals surface area contributed by atoms with Gasteiger partial charge < -0.3 is 24.1 Å². The van der Waals surface area contributed by atoms with Crippen molar-refractivity contribution in [2.75, 3.05) is 0 Å². The maximum Gasteiger partial charge on any atom is 0.513 e. The minimum atomic E-state index is -1.63. The van der Waals surface area contributed by atoms with E-state index >= 15 is 0 Å². The third-order valence-corrected chi connectivity index (χ3v) is 1.89. The first kappa shape index (κ1) is 10.8. The van der Waals surface area contributed by atoms with Gasteiger partial charge in [-0.1, -0.05) is 12.1 Å². The second-order valence-corrected chi connectivity index (χ2v) is 2.95. The summed E-state index contributed by atoms with van der Waals surface area (Å²) in [4.78, 5) is 20.9. The topological polar surface area (TPSA) is 106 Å². The average Bonchev–Trinajstić information content (AvgIpc) is 2.55. The first-order valence-electron chi connectivity index (χ1n) is 4.41. The summed E-state index contributed by atoms with van der Waals surface area (Å²) in [5.74, 6) is -0.795. The van der Waals surface area contributed by atoms with Crippen LogP contribution < -0.4 is 9.47 Å². The van der Waals surface area contributed by atoms with Crippen molar-refractivity contribution in [2.45, 2.75) is 0 Å². The minimum absolute atomic E-state index is 0.264. The van der Waals surface area contributed by atoms with Gasteiger partial charge >= 0.3 is 18.3 Å². The smallest absolute Gasteiger partial charge is 0.449 e. The SMILES string of the molecule is O=C(O)Oc1oc2ccccc2c1OC(=O)O. The summed E-state index contributed by atoms with van der Waals surface area (Å²) in [5.41, 5.74) is 0.264. The first-order chi connectivity index (χ1) is 8.08. The number of para-hydroxylation sites is 1. The van der Waals surface area contributed by atoms with Crippen LogP contribution in [0.4, 0.5) is 9.59 Å². The second-order valence-electron chi connectivity index (χ2n) is 2.95. The van der Waals surface area contributed by atoms with Crippen molar-refractivity contribution in [3.63, 3.8) is 0 Å². The Morgan fingerprint density at radius 3 is 2.35 bits per heavy atom. The third-order valence-electron chi connectivity index (χ3n) is 1.89. The third kappa shape index (κ3) is 2.12. The Hall–Kier alpha value is -2.70. The highest BCUT2D eigenvalue weighted by atomic mass is 16.7. The van der Waals surface area contributed by atoms with Gasteiger partial charge in [0.25, 0.3) is 0 Å². The lowest BCUT2D eigenvalue weighted by Gasteiger charge is -1.98. The van der Waals surface area contributed by atoms with Crippen molar-refractivity contribution in [2.24, 2.45) is 0 Å².